The molecule has 0 atom stereocenters. The summed E-state index contributed by atoms with van der Waals surface area (Å²) >= 11 is 5.17. The molecule has 3 heterocycles. The van der Waals surface area contributed by atoms with Crippen LogP contribution in [0.25, 0.3) is 10.2 Å². The van der Waals surface area contributed by atoms with Crippen LogP contribution in [0.15, 0.2) is 40.2 Å². The van der Waals surface area contributed by atoms with Gasteiger partial charge < -0.3 is 4.74 Å². The van der Waals surface area contributed by atoms with E-state index in [4.69, 9.17) is 4.74 Å². The lowest BCUT2D eigenvalue weighted by atomic mass is 10.1. The molecule has 0 radical (unpaired) electrons. The molecule has 0 amide bonds. The maximum atomic E-state index is 12.2. The van der Waals surface area contributed by atoms with Crippen LogP contribution < -0.4 is 5.43 Å². The molecule has 0 unspecified atom stereocenters. The maximum Gasteiger partial charge on any atom is 0.320 e. The number of hydrazone groups is 1. The summed E-state index contributed by atoms with van der Waals surface area (Å²) in [4.78, 5) is 25.4. The topological polar surface area (TPSA) is 79.7 Å². The van der Waals surface area contributed by atoms with E-state index in [1.54, 1.807) is 23.9 Å². The first-order chi connectivity index (χ1) is 14.8. The van der Waals surface area contributed by atoms with Crippen molar-refractivity contribution in [3.8, 4) is 0 Å². The van der Waals surface area contributed by atoms with Gasteiger partial charge in [0, 0.05) is 28.0 Å². The van der Waals surface area contributed by atoms with Gasteiger partial charge in [0.05, 0.1) is 18.1 Å². The minimum absolute atomic E-state index is 0.194. The predicted octanol–water partition coefficient (Wildman–Crippen LogP) is 4.60. The number of hydrogen-bond acceptors (Lipinski definition) is 8. The van der Waals surface area contributed by atoms with Gasteiger partial charge in [-0.25, -0.2) is 9.97 Å². The summed E-state index contributed by atoms with van der Waals surface area (Å²) in [7, 11) is 0. The van der Waals surface area contributed by atoms with Crippen LogP contribution in [0.5, 0.6) is 0 Å². The Kier molecular flexibility index (Phi) is 6.36. The molecule has 0 aliphatic carbocycles. The maximum absolute atomic E-state index is 12.2. The minimum Gasteiger partial charge on any atom is -0.459 e. The van der Waals surface area contributed by atoms with E-state index >= 15 is 0 Å². The average Bonchev–Trinajstić information content (AvgIpc) is 3.06. The molecule has 7 nitrogen and oxygen atoms in total. The standard InChI is InChI=1S/C22H24BrN5O2S/c1-22(2,3)30-18(29)12-28-9-8-15-17(11-28)31-21-19(15)20(24-13-25-21)27-26-10-14-6-4-5-7-16(14)23/h4-7,10,13H,8-9,11-12H2,1-3H3,(H,24,25,27)/b26-10+. The number of anilines is 1. The second-order valence-electron chi connectivity index (χ2n) is 8.34. The van der Waals surface area contributed by atoms with Crippen molar-refractivity contribution in [3.63, 3.8) is 0 Å². The van der Waals surface area contributed by atoms with E-state index in [9.17, 15) is 4.79 Å². The van der Waals surface area contributed by atoms with Crippen molar-refractivity contribution in [2.75, 3.05) is 18.5 Å². The number of aromatic nitrogens is 2. The molecule has 0 bridgehead atoms. The molecule has 1 N–H and O–H groups in total. The summed E-state index contributed by atoms with van der Waals surface area (Å²) in [6, 6.07) is 7.89. The zero-order valence-corrected chi connectivity index (χ0v) is 20.1. The number of benzene rings is 1. The molecule has 2 aromatic heterocycles. The quantitative estimate of drug-likeness (QED) is 0.312. The smallest absolute Gasteiger partial charge is 0.320 e. The van der Waals surface area contributed by atoms with E-state index in [0.717, 1.165) is 33.2 Å². The molecule has 4 rings (SSSR count). The van der Waals surface area contributed by atoms with Crippen LogP contribution >= 0.6 is 27.3 Å². The Labute approximate surface area is 193 Å². The number of hydrogen-bond donors (Lipinski definition) is 1. The minimum atomic E-state index is -0.471. The molecular weight excluding hydrogens is 478 g/mol. The Morgan fingerprint density at radius 3 is 2.94 bits per heavy atom. The lowest BCUT2D eigenvalue weighted by molar-refractivity contribution is -0.156. The second kappa shape index (κ2) is 9.02. The number of esters is 1. The van der Waals surface area contributed by atoms with Crippen molar-refractivity contribution in [1.29, 1.82) is 0 Å². The van der Waals surface area contributed by atoms with Crippen LogP contribution in [0.3, 0.4) is 0 Å². The van der Waals surface area contributed by atoms with Gasteiger partial charge in [0.2, 0.25) is 0 Å². The normalized spacial score (nSPS) is 14.7. The summed E-state index contributed by atoms with van der Waals surface area (Å²) in [6.45, 7) is 7.44. The monoisotopic (exact) mass is 501 g/mol. The third kappa shape index (κ3) is 5.28. The van der Waals surface area contributed by atoms with E-state index < -0.39 is 5.60 Å². The molecular formula is C22H24BrN5O2S. The molecule has 3 aromatic rings. The SMILES string of the molecule is CC(C)(C)OC(=O)CN1CCc2c(sc3ncnc(N/N=C/c4ccccc4Br)c23)C1. The third-order valence-corrected chi connectivity index (χ3v) is 6.61. The molecule has 31 heavy (non-hydrogen) atoms. The molecule has 1 aliphatic rings. The summed E-state index contributed by atoms with van der Waals surface area (Å²) < 4.78 is 6.44. The van der Waals surface area contributed by atoms with Gasteiger partial charge in [-0.3, -0.25) is 15.1 Å². The first-order valence-electron chi connectivity index (χ1n) is 10.0. The molecule has 0 spiro atoms. The number of thiophene rings is 1. The Bertz CT molecular complexity index is 1140. The van der Waals surface area contributed by atoms with Crippen LogP contribution in [-0.4, -0.2) is 45.7 Å². The zero-order valence-electron chi connectivity index (χ0n) is 17.7. The van der Waals surface area contributed by atoms with Crippen LogP contribution in [0, 0.1) is 0 Å². The van der Waals surface area contributed by atoms with Crippen molar-refractivity contribution in [2.24, 2.45) is 5.10 Å². The highest BCUT2D eigenvalue weighted by Crippen LogP contribution is 2.37. The van der Waals surface area contributed by atoms with Crippen molar-refractivity contribution in [1.82, 2.24) is 14.9 Å². The fourth-order valence-corrected chi connectivity index (χ4v) is 5.12. The van der Waals surface area contributed by atoms with Crippen molar-refractivity contribution in [3.05, 3.63) is 51.1 Å². The number of nitrogens with one attached hydrogen (secondary N) is 1. The van der Waals surface area contributed by atoms with Gasteiger partial charge >= 0.3 is 5.97 Å². The molecule has 9 heteroatoms. The summed E-state index contributed by atoms with van der Waals surface area (Å²) in [5.41, 5.74) is 4.83. The molecule has 1 aliphatic heterocycles. The van der Waals surface area contributed by atoms with Gasteiger partial charge in [0.1, 0.15) is 16.8 Å². The number of nitrogens with zero attached hydrogens (tertiary/aromatic N) is 4. The fraction of sp³-hybridized carbons (Fsp3) is 0.364. The Morgan fingerprint density at radius 2 is 2.16 bits per heavy atom. The third-order valence-electron chi connectivity index (χ3n) is 4.77. The number of fused-ring (bicyclic) bond motifs is 3. The first kappa shape index (κ1) is 21.9. The molecule has 162 valence electrons. The van der Waals surface area contributed by atoms with Gasteiger partial charge in [-0.05, 0) is 38.8 Å². The summed E-state index contributed by atoms with van der Waals surface area (Å²) in [5.74, 6) is 0.506. The number of carbonyl (C=O) groups excluding carboxylic acids is 1. The Morgan fingerprint density at radius 1 is 1.35 bits per heavy atom. The summed E-state index contributed by atoms with van der Waals surface area (Å²) in [6.07, 6.45) is 4.15. The highest BCUT2D eigenvalue weighted by molar-refractivity contribution is 9.10. The average molecular weight is 502 g/mol. The van der Waals surface area contributed by atoms with Crippen LogP contribution in [0.1, 0.15) is 36.8 Å². The first-order valence-corrected chi connectivity index (χ1v) is 11.6. The van der Waals surface area contributed by atoms with Crippen LogP contribution in [-0.2, 0) is 22.5 Å². The molecule has 0 saturated carbocycles. The van der Waals surface area contributed by atoms with Gasteiger partial charge in [-0.15, -0.1) is 11.3 Å². The Balaban J connectivity index is 1.51. The molecule has 0 saturated heterocycles. The van der Waals surface area contributed by atoms with Crippen LogP contribution in [0.4, 0.5) is 5.82 Å². The van der Waals surface area contributed by atoms with E-state index in [-0.39, 0.29) is 12.5 Å². The number of halogens is 1. The lowest BCUT2D eigenvalue weighted by Crippen LogP contribution is -2.37. The largest absolute Gasteiger partial charge is 0.459 e. The molecule has 0 fully saturated rings. The van der Waals surface area contributed by atoms with Crippen molar-refractivity contribution >= 4 is 55.5 Å². The molecule has 1 aromatic carbocycles. The van der Waals surface area contributed by atoms with E-state index in [1.165, 1.54) is 10.4 Å². The van der Waals surface area contributed by atoms with Crippen molar-refractivity contribution in [2.45, 2.75) is 39.3 Å². The van der Waals surface area contributed by atoms with E-state index in [2.05, 4.69) is 41.3 Å². The lowest BCUT2D eigenvalue weighted by Gasteiger charge is -2.27. The second-order valence-corrected chi connectivity index (χ2v) is 10.3. The highest BCUT2D eigenvalue weighted by atomic mass is 79.9. The van der Waals surface area contributed by atoms with Gasteiger partial charge in [-0.1, -0.05) is 34.1 Å². The zero-order chi connectivity index (χ0) is 22.0. The van der Waals surface area contributed by atoms with Gasteiger partial charge in [0.15, 0.2) is 5.82 Å². The van der Waals surface area contributed by atoms with E-state index in [1.807, 2.05) is 45.0 Å². The number of carbonyl (C=O) groups is 1. The predicted molar refractivity (Wildman–Crippen MR) is 128 cm³/mol. The van der Waals surface area contributed by atoms with E-state index in [0.29, 0.717) is 12.4 Å². The van der Waals surface area contributed by atoms with Gasteiger partial charge in [0.25, 0.3) is 0 Å². The van der Waals surface area contributed by atoms with Crippen LogP contribution in [0.2, 0.25) is 0 Å². The van der Waals surface area contributed by atoms with Crippen molar-refractivity contribution < 1.29 is 9.53 Å². The number of rotatable bonds is 5. The Hall–Kier alpha value is -2.36. The highest BCUT2D eigenvalue weighted by Gasteiger charge is 2.26. The van der Waals surface area contributed by atoms with Gasteiger partial charge in [-0.2, -0.15) is 5.10 Å². The number of ether oxygens (including phenoxy) is 1. The summed E-state index contributed by atoms with van der Waals surface area (Å²) in [5, 5.41) is 5.39. The fourth-order valence-electron chi connectivity index (χ4n) is 3.50.